The number of carbonyl (C=O) groups is 2. The quantitative estimate of drug-likeness (QED) is 0.391. The number of nitrogens with zero attached hydrogens (tertiary/aromatic N) is 3. The minimum absolute atomic E-state index is 0.209. The number of benzene rings is 2. The average molecular weight is 536 g/mol. The Morgan fingerprint density at radius 3 is 2.24 bits per heavy atom. The lowest BCUT2D eigenvalue weighted by molar-refractivity contribution is -0.140. The highest BCUT2D eigenvalue weighted by Crippen LogP contribution is 2.20. The van der Waals surface area contributed by atoms with Gasteiger partial charge >= 0.3 is 5.97 Å². The smallest absolute Gasteiger partial charge is 0.322 e. The van der Waals surface area contributed by atoms with Gasteiger partial charge in [-0.2, -0.15) is 17.4 Å². The van der Waals surface area contributed by atoms with Gasteiger partial charge in [-0.05, 0) is 53.8 Å². The molecule has 0 bridgehead atoms. The van der Waals surface area contributed by atoms with Crippen molar-refractivity contribution in [3.63, 3.8) is 0 Å². The minimum atomic E-state index is -3.91. The predicted octanol–water partition coefficient (Wildman–Crippen LogP) is 1.80. The normalized spacial score (nSPS) is 15.2. The van der Waals surface area contributed by atoms with Crippen molar-refractivity contribution in [1.29, 1.82) is 0 Å². The first-order valence-electron chi connectivity index (χ1n) is 12.1. The van der Waals surface area contributed by atoms with Crippen LogP contribution in [0.15, 0.2) is 54.7 Å². The van der Waals surface area contributed by atoms with E-state index in [1.807, 2.05) is 42.5 Å². The van der Waals surface area contributed by atoms with E-state index in [0.717, 1.165) is 22.2 Å². The van der Waals surface area contributed by atoms with E-state index in [2.05, 4.69) is 26.4 Å². The van der Waals surface area contributed by atoms with Gasteiger partial charge in [0.25, 0.3) is 16.1 Å². The average Bonchev–Trinajstić information content (AvgIpc) is 2.90. The van der Waals surface area contributed by atoms with Crippen molar-refractivity contribution in [2.45, 2.75) is 19.9 Å². The van der Waals surface area contributed by atoms with Crippen molar-refractivity contribution in [3.8, 4) is 11.8 Å². The molecule has 4 rings (SSSR count). The molecule has 0 radical (unpaired) electrons. The molecule has 0 spiro atoms. The molecule has 1 amide bonds. The number of amides is 1. The van der Waals surface area contributed by atoms with E-state index >= 15 is 0 Å². The number of piperazine rings is 1. The number of rotatable bonds is 7. The second kappa shape index (κ2) is 11.2. The number of pyridine rings is 1. The third-order valence-corrected chi connectivity index (χ3v) is 7.97. The number of hydrogen-bond acceptors (Lipinski definition) is 6. The summed E-state index contributed by atoms with van der Waals surface area (Å²) in [5.41, 5.74) is 8.12. The van der Waals surface area contributed by atoms with Crippen molar-refractivity contribution in [2.24, 2.45) is 11.7 Å². The summed E-state index contributed by atoms with van der Waals surface area (Å²) >= 11 is 0. The Bertz CT molecular complexity index is 1520. The Hall–Kier alpha value is -3.98. The third-order valence-electron chi connectivity index (χ3n) is 6.37. The molecule has 3 aromatic rings. The molecule has 2 aromatic carbocycles. The maximum absolute atomic E-state index is 12.7. The molecule has 1 atom stereocenters. The van der Waals surface area contributed by atoms with Gasteiger partial charge in [-0.3, -0.25) is 14.6 Å². The zero-order valence-corrected chi connectivity index (χ0v) is 21.9. The molecule has 1 aliphatic heterocycles. The molecule has 4 N–H and O–H groups in total. The summed E-state index contributed by atoms with van der Waals surface area (Å²) in [5.74, 6) is 4.06. The highest BCUT2D eigenvalue weighted by Gasteiger charge is 2.32. The van der Waals surface area contributed by atoms with Gasteiger partial charge in [0.15, 0.2) is 0 Å². The van der Waals surface area contributed by atoms with E-state index in [9.17, 15) is 23.1 Å². The van der Waals surface area contributed by atoms with Crippen LogP contribution in [0.25, 0.3) is 10.8 Å². The van der Waals surface area contributed by atoms with E-state index in [1.165, 1.54) is 4.31 Å². The summed E-state index contributed by atoms with van der Waals surface area (Å²) in [6.07, 6.45) is 1.55. The SMILES string of the molecule is CC(C)[C@@H](NS(=O)(=O)N1CCN(c2ccc(C#Cc3ccc4ccnc(C(N)=O)c4c3)cc2)CC1)C(=O)O. The molecular formula is C27H29N5O5S. The first-order valence-corrected chi connectivity index (χ1v) is 13.5. The Labute approximate surface area is 221 Å². The molecule has 1 fully saturated rings. The van der Waals surface area contributed by atoms with E-state index in [-0.39, 0.29) is 24.7 Å². The number of aromatic nitrogens is 1. The van der Waals surface area contributed by atoms with Crippen molar-refractivity contribution in [3.05, 3.63) is 71.5 Å². The number of aliphatic carboxylic acids is 1. The highest BCUT2D eigenvalue weighted by atomic mass is 32.2. The molecule has 198 valence electrons. The van der Waals surface area contributed by atoms with Crippen LogP contribution >= 0.6 is 0 Å². The van der Waals surface area contributed by atoms with Crippen LogP contribution in [0.1, 0.15) is 35.5 Å². The first-order chi connectivity index (χ1) is 18.0. The van der Waals surface area contributed by atoms with Gasteiger partial charge in [0.1, 0.15) is 11.7 Å². The topological polar surface area (TPSA) is 146 Å². The van der Waals surface area contributed by atoms with Gasteiger partial charge in [0.05, 0.1) is 0 Å². The number of carboxylic acid groups (broad SMARTS) is 1. The van der Waals surface area contributed by atoms with Crippen LogP contribution in [0, 0.1) is 17.8 Å². The standard InChI is InChI=1S/C27H29N5O5S/c1-18(2)24(27(34)35)30-38(36,37)32-15-13-31(14-16-32)22-9-6-19(7-10-22)3-4-20-5-8-21-11-12-29-25(26(28)33)23(21)17-20/h5-12,17-18,24,30H,13-16H2,1-2H3,(H2,28,33)(H,34,35)/t24-/m1/s1. The van der Waals surface area contributed by atoms with E-state index in [1.54, 1.807) is 26.1 Å². The van der Waals surface area contributed by atoms with Gasteiger partial charge in [-0.15, -0.1) is 0 Å². The van der Waals surface area contributed by atoms with Crippen LogP contribution in [0.3, 0.4) is 0 Å². The Morgan fingerprint density at radius 2 is 1.63 bits per heavy atom. The fourth-order valence-electron chi connectivity index (χ4n) is 4.24. The molecule has 1 aliphatic rings. The number of hydrogen-bond donors (Lipinski definition) is 3. The summed E-state index contributed by atoms with van der Waals surface area (Å²) in [5, 5.41) is 10.8. The lowest BCUT2D eigenvalue weighted by atomic mass is 10.1. The van der Waals surface area contributed by atoms with Gasteiger partial charge in [0.2, 0.25) is 0 Å². The number of carbonyl (C=O) groups excluding carboxylic acids is 1. The van der Waals surface area contributed by atoms with Crippen LogP contribution in [-0.2, 0) is 15.0 Å². The molecule has 38 heavy (non-hydrogen) atoms. The van der Waals surface area contributed by atoms with E-state index in [4.69, 9.17) is 5.73 Å². The van der Waals surface area contributed by atoms with Gasteiger partial charge in [-0.25, -0.2) is 0 Å². The zero-order valence-electron chi connectivity index (χ0n) is 21.1. The number of fused-ring (bicyclic) bond motifs is 1. The van der Waals surface area contributed by atoms with Crippen molar-refractivity contribution < 1.29 is 23.1 Å². The van der Waals surface area contributed by atoms with Crippen LogP contribution in [0.4, 0.5) is 5.69 Å². The van der Waals surface area contributed by atoms with Crippen molar-refractivity contribution in [1.82, 2.24) is 14.0 Å². The van der Waals surface area contributed by atoms with Crippen molar-refractivity contribution >= 4 is 38.5 Å². The monoisotopic (exact) mass is 535 g/mol. The highest BCUT2D eigenvalue weighted by molar-refractivity contribution is 7.87. The lowest BCUT2D eigenvalue weighted by Gasteiger charge is -2.36. The van der Waals surface area contributed by atoms with Gasteiger partial charge in [0, 0.05) is 54.6 Å². The van der Waals surface area contributed by atoms with E-state index in [0.29, 0.717) is 18.5 Å². The van der Waals surface area contributed by atoms with Crippen LogP contribution < -0.4 is 15.4 Å². The fraction of sp³-hybridized carbons (Fsp3) is 0.296. The summed E-state index contributed by atoms with van der Waals surface area (Å²) in [7, 11) is -3.91. The molecule has 1 saturated heterocycles. The number of nitrogens with two attached hydrogens (primary N) is 1. The molecule has 1 aromatic heterocycles. The zero-order chi connectivity index (χ0) is 27.4. The minimum Gasteiger partial charge on any atom is -0.480 e. The lowest BCUT2D eigenvalue weighted by Crippen LogP contribution is -2.55. The van der Waals surface area contributed by atoms with Crippen LogP contribution in [0.2, 0.25) is 0 Å². The van der Waals surface area contributed by atoms with E-state index < -0.39 is 28.1 Å². The van der Waals surface area contributed by atoms with Gasteiger partial charge < -0.3 is 15.7 Å². The molecule has 2 heterocycles. The maximum atomic E-state index is 12.7. The number of primary amides is 1. The second-order valence-electron chi connectivity index (χ2n) is 9.33. The largest absolute Gasteiger partial charge is 0.480 e. The Morgan fingerprint density at radius 1 is 1.00 bits per heavy atom. The molecular weight excluding hydrogens is 506 g/mol. The van der Waals surface area contributed by atoms with Crippen LogP contribution in [-0.4, -0.2) is 66.9 Å². The maximum Gasteiger partial charge on any atom is 0.322 e. The predicted molar refractivity (Wildman–Crippen MR) is 145 cm³/mol. The second-order valence-corrected chi connectivity index (χ2v) is 11.0. The summed E-state index contributed by atoms with van der Waals surface area (Å²) in [4.78, 5) is 29.2. The molecule has 11 heteroatoms. The molecule has 0 aliphatic carbocycles. The number of carboxylic acids is 1. The first kappa shape index (κ1) is 27.1. The van der Waals surface area contributed by atoms with Gasteiger partial charge in [-0.1, -0.05) is 31.8 Å². The summed E-state index contributed by atoms with van der Waals surface area (Å²) in [6.45, 7) is 4.74. The van der Waals surface area contributed by atoms with Crippen molar-refractivity contribution in [2.75, 3.05) is 31.1 Å². The fourth-order valence-corrected chi connectivity index (χ4v) is 5.72. The molecule has 0 unspecified atom stereocenters. The van der Waals surface area contributed by atoms with Crippen LogP contribution in [0.5, 0.6) is 0 Å². The Balaban J connectivity index is 1.40. The summed E-state index contributed by atoms with van der Waals surface area (Å²) < 4.78 is 29.0. The molecule has 0 saturated carbocycles. The molecule has 10 nitrogen and oxygen atoms in total. The number of nitrogens with one attached hydrogen (secondary N) is 1. The number of anilines is 1. The third kappa shape index (κ3) is 6.11. The summed E-state index contributed by atoms with van der Waals surface area (Å²) in [6, 6.07) is 13.8. The Kier molecular flexibility index (Phi) is 7.97.